The van der Waals surface area contributed by atoms with Crippen molar-refractivity contribution in [2.24, 2.45) is 16.6 Å². The molecular formula is C31H43ClN6O5S. The Morgan fingerprint density at radius 3 is 2.43 bits per heavy atom. The van der Waals surface area contributed by atoms with Crippen LogP contribution >= 0.6 is 11.6 Å². The Bertz CT molecular complexity index is 1460. The summed E-state index contributed by atoms with van der Waals surface area (Å²) in [5.74, 6) is 1.67. The monoisotopic (exact) mass is 646 g/mol. The van der Waals surface area contributed by atoms with Gasteiger partial charge in [0.1, 0.15) is 23.5 Å². The fraction of sp³-hybridized carbons (Fsp3) is 0.581. The molecule has 1 aromatic rings. The molecule has 3 aliphatic heterocycles. The predicted molar refractivity (Wildman–Crippen MR) is 172 cm³/mol. The first-order valence-electron chi connectivity index (χ1n) is 15.5. The van der Waals surface area contributed by atoms with Gasteiger partial charge in [-0.2, -0.15) is 0 Å². The van der Waals surface area contributed by atoms with Gasteiger partial charge >= 0.3 is 0 Å². The Morgan fingerprint density at radius 2 is 1.80 bits per heavy atom. The molecule has 2 saturated heterocycles. The number of nitrogens with zero attached hydrogens (tertiary/aromatic N) is 3. The molecule has 1 atom stereocenters. The molecular weight excluding hydrogens is 604 g/mol. The van der Waals surface area contributed by atoms with Crippen LogP contribution in [0.15, 0.2) is 46.2 Å². The minimum atomic E-state index is -3.22. The number of piperidine rings is 1. The number of halogens is 1. The Hall–Kier alpha value is -3.25. The number of hydrogen-bond donors (Lipinski definition) is 3. The van der Waals surface area contributed by atoms with E-state index < -0.39 is 15.1 Å². The number of carbonyl (C=O) groups is 2. The second-order valence-electron chi connectivity index (χ2n) is 12.1. The van der Waals surface area contributed by atoms with Gasteiger partial charge in [-0.3, -0.25) is 9.59 Å². The number of hydrogen-bond acceptors (Lipinski definition) is 8. The van der Waals surface area contributed by atoms with Crippen LogP contribution in [-0.2, 0) is 19.4 Å². The maximum atomic E-state index is 13.4. The molecule has 0 radical (unpaired) electrons. The number of rotatable bonds is 8. The minimum Gasteiger partial charge on any atom is -0.489 e. The SMILES string of the molecule is CNC1=C(C(N)=Nc2ccc(OC3CCN(C(=O)C4CCCC4)CC3)c(Cl)c2)C=C(C(=O)N2CCC(S(C)(=O)=O)C2)CCN1. The van der Waals surface area contributed by atoms with Crippen molar-refractivity contribution < 1.29 is 22.7 Å². The Balaban J connectivity index is 1.25. The lowest BCUT2D eigenvalue weighted by Gasteiger charge is -2.33. The molecule has 1 aliphatic carbocycles. The second-order valence-corrected chi connectivity index (χ2v) is 14.8. The zero-order valence-corrected chi connectivity index (χ0v) is 27.1. The maximum Gasteiger partial charge on any atom is 0.249 e. The van der Waals surface area contributed by atoms with E-state index in [1.165, 1.54) is 6.26 Å². The Kier molecular flexibility index (Phi) is 10.1. The van der Waals surface area contributed by atoms with Gasteiger partial charge in [-0.05, 0) is 50.0 Å². The van der Waals surface area contributed by atoms with E-state index in [0.29, 0.717) is 78.4 Å². The molecule has 3 heterocycles. The molecule has 1 aromatic carbocycles. The van der Waals surface area contributed by atoms with Crippen LogP contribution in [0.4, 0.5) is 5.69 Å². The van der Waals surface area contributed by atoms with Crippen LogP contribution in [0, 0.1) is 5.92 Å². The number of nitrogens with two attached hydrogens (primary N) is 1. The Labute approximate surface area is 264 Å². The van der Waals surface area contributed by atoms with Crippen molar-refractivity contribution in [1.82, 2.24) is 20.4 Å². The quantitative estimate of drug-likeness (QED) is 0.289. The summed E-state index contributed by atoms with van der Waals surface area (Å²) in [4.78, 5) is 34.3. The van der Waals surface area contributed by atoms with Crippen molar-refractivity contribution in [2.75, 3.05) is 46.0 Å². The molecule has 0 aromatic heterocycles. The number of amides is 2. The first-order chi connectivity index (χ1) is 21.0. The van der Waals surface area contributed by atoms with E-state index in [1.807, 2.05) is 4.90 Å². The van der Waals surface area contributed by atoms with Gasteiger partial charge in [0, 0.05) is 70.4 Å². The first-order valence-corrected chi connectivity index (χ1v) is 17.8. The van der Waals surface area contributed by atoms with Crippen LogP contribution < -0.4 is 21.1 Å². The highest BCUT2D eigenvalue weighted by Gasteiger charge is 2.34. The summed E-state index contributed by atoms with van der Waals surface area (Å²) in [6.07, 6.45) is 9.64. The third-order valence-electron chi connectivity index (χ3n) is 9.04. The fourth-order valence-electron chi connectivity index (χ4n) is 6.45. The molecule has 0 bridgehead atoms. The van der Waals surface area contributed by atoms with Gasteiger partial charge in [-0.15, -0.1) is 0 Å². The molecule has 4 aliphatic rings. The van der Waals surface area contributed by atoms with Crippen molar-refractivity contribution in [3.05, 3.63) is 46.3 Å². The summed E-state index contributed by atoms with van der Waals surface area (Å²) < 4.78 is 30.2. The summed E-state index contributed by atoms with van der Waals surface area (Å²) in [5, 5.41) is 6.23. The normalized spacial score (nSPS) is 22.5. The average molecular weight is 647 g/mol. The molecule has 44 heavy (non-hydrogen) atoms. The summed E-state index contributed by atoms with van der Waals surface area (Å²) in [6.45, 7) is 2.48. The summed E-state index contributed by atoms with van der Waals surface area (Å²) in [6, 6.07) is 5.25. The van der Waals surface area contributed by atoms with Crippen molar-refractivity contribution in [3.63, 3.8) is 0 Å². The number of benzene rings is 1. The van der Waals surface area contributed by atoms with E-state index in [0.717, 1.165) is 38.5 Å². The number of aliphatic imine (C=N–C) groups is 1. The molecule has 5 rings (SSSR count). The van der Waals surface area contributed by atoms with Gasteiger partial charge in [-0.1, -0.05) is 24.4 Å². The predicted octanol–water partition coefficient (Wildman–Crippen LogP) is 2.88. The smallest absolute Gasteiger partial charge is 0.249 e. The van der Waals surface area contributed by atoms with Crippen molar-refractivity contribution in [3.8, 4) is 5.75 Å². The zero-order valence-electron chi connectivity index (χ0n) is 25.5. The highest BCUT2D eigenvalue weighted by Crippen LogP contribution is 2.33. The highest BCUT2D eigenvalue weighted by atomic mass is 35.5. The summed E-state index contributed by atoms with van der Waals surface area (Å²) in [7, 11) is -1.46. The zero-order chi connectivity index (χ0) is 31.4. The summed E-state index contributed by atoms with van der Waals surface area (Å²) >= 11 is 6.61. The average Bonchev–Trinajstić information content (AvgIpc) is 3.68. The van der Waals surface area contributed by atoms with Crippen LogP contribution in [0.25, 0.3) is 0 Å². The molecule has 0 spiro atoms. The van der Waals surface area contributed by atoms with E-state index in [9.17, 15) is 18.0 Å². The molecule has 1 unspecified atom stereocenters. The molecule has 240 valence electrons. The van der Waals surface area contributed by atoms with Gasteiger partial charge in [0.25, 0.3) is 0 Å². The lowest BCUT2D eigenvalue weighted by atomic mass is 10.0. The fourth-order valence-corrected chi connectivity index (χ4v) is 7.66. The molecule has 11 nitrogen and oxygen atoms in total. The molecule has 1 saturated carbocycles. The summed E-state index contributed by atoms with van der Waals surface area (Å²) in [5.41, 5.74) is 8.08. The van der Waals surface area contributed by atoms with Crippen molar-refractivity contribution >= 4 is 44.8 Å². The van der Waals surface area contributed by atoms with Crippen LogP contribution in [0.2, 0.25) is 5.02 Å². The van der Waals surface area contributed by atoms with Crippen LogP contribution in [0.5, 0.6) is 5.75 Å². The molecule has 3 fully saturated rings. The van der Waals surface area contributed by atoms with Crippen LogP contribution in [-0.4, -0.2) is 93.2 Å². The first kappa shape index (κ1) is 32.2. The van der Waals surface area contributed by atoms with E-state index in [1.54, 1.807) is 36.2 Å². The Morgan fingerprint density at radius 1 is 1.09 bits per heavy atom. The number of ether oxygens (including phenoxy) is 1. The second kappa shape index (κ2) is 13.8. The standard InChI is InChI=1S/C31H43ClN6O5S/c1-34-29-25(17-21(9-13-35-29)31(40)38-16-12-24(19-38)44(2,41)42)28(33)36-22-7-8-27(26(32)18-22)43-23-10-14-37(15-11-23)30(39)20-5-3-4-6-20/h7-8,17-18,20,23-24,34-35H,3-6,9-16,19H2,1-2H3,(H2,33,36). The van der Waals surface area contributed by atoms with E-state index >= 15 is 0 Å². The van der Waals surface area contributed by atoms with Crippen molar-refractivity contribution in [1.29, 1.82) is 0 Å². The third-order valence-corrected chi connectivity index (χ3v) is 10.9. The van der Waals surface area contributed by atoms with Gasteiger partial charge in [0.05, 0.1) is 21.5 Å². The topological polar surface area (TPSA) is 146 Å². The van der Waals surface area contributed by atoms with Gasteiger partial charge in [-0.25, -0.2) is 13.4 Å². The van der Waals surface area contributed by atoms with Crippen LogP contribution in [0.3, 0.4) is 0 Å². The highest BCUT2D eigenvalue weighted by molar-refractivity contribution is 7.91. The number of nitrogens with one attached hydrogen (secondary N) is 2. The van der Waals surface area contributed by atoms with E-state index in [2.05, 4.69) is 15.6 Å². The van der Waals surface area contributed by atoms with Gasteiger partial charge in [0.2, 0.25) is 11.8 Å². The number of likely N-dealkylation sites (tertiary alicyclic amines) is 2. The maximum absolute atomic E-state index is 13.4. The lowest BCUT2D eigenvalue weighted by molar-refractivity contribution is -0.137. The number of carbonyl (C=O) groups excluding carboxylic acids is 2. The lowest BCUT2D eigenvalue weighted by Crippen LogP contribution is -2.44. The van der Waals surface area contributed by atoms with Gasteiger partial charge in [0.15, 0.2) is 9.84 Å². The van der Waals surface area contributed by atoms with E-state index in [4.69, 9.17) is 22.1 Å². The molecule has 13 heteroatoms. The van der Waals surface area contributed by atoms with Crippen molar-refractivity contribution in [2.45, 2.75) is 62.7 Å². The largest absolute Gasteiger partial charge is 0.489 e. The number of sulfone groups is 1. The van der Waals surface area contributed by atoms with Crippen LogP contribution in [0.1, 0.15) is 51.4 Å². The molecule has 4 N–H and O–H groups in total. The minimum absolute atomic E-state index is 0.0237. The molecule has 2 amide bonds. The van der Waals surface area contributed by atoms with Gasteiger partial charge < -0.3 is 30.9 Å². The third kappa shape index (κ3) is 7.51. The number of amidine groups is 1. The van der Waals surface area contributed by atoms with E-state index in [-0.39, 0.29) is 30.3 Å².